The third-order valence-electron chi connectivity index (χ3n) is 2.47. The molecule has 0 saturated heterocycles. The van der Waals surface area contributed by atoms with Crippen molar-refractivity contribution in [1.82, 2.24) is 0 Å². The third-order valence-corrected chi connectivity index (χ3v) is 2.47. The van der Waals surface area contributed by atoms with Crippen LogP contribution in [0.4, 0.5) is 24.5 Å². The second kappa shape index (κ2) is 4.64. The van der Waals surface area contributed by atoms with Gasteiger partial charge in [0.15, 0.2) is 0 Å². The lowest BCUT2D eigenvalue weighted by molar-refractivity contribution is -0.397. The van der Waals surface area contributed by atoms with Crippen LogP contribution in [0.1, 0.15) is 0 Å². The van der Waals surface area contributed by atoms with Gasteiger partial charge >= 0.3 is 23.8 Å². The van der Waals surface area contributed by atoms with Crippen molar-refractivity contribution in [1.29, 1.82) is 0 Å². The summed E-state index contributed by atoms with van der Waals surface area (Å²) in [5.41, 5.74) is -2.13. The Bertz CT molecular complexity index is 636. The van der Waals surface area contributed by atoms with E-state index < -0.39 is 50.9 Å². The zero-order chi connectivity index (χ0) is 15.9. The number of methoxy groups -OCH3 is 1. The summed E-state index contributed by atoms with van der Waals surface area (Å²) in [6.45, 7) is 0. The van der Waals surface area contributed by atoms with Gasteiger partial charge in [0.25, 0.3) is 0 Å². The van der Waals surface area contributed by atoms with Gasteiger partial charge in [0.1, 0.15) is 6.07 Å². The topological polar surface area (TPSA) is 114 Å². The fourth-order valence-electron chi connectivity index (χ4n) is 1.62. The van der Waals surface area contributed by atoms with Crippen LogP contribution in [-0.4, -0.2) is 29.4 Å². The Morgan fingerprint density at radius 3 is 2.29 bits per heavy atom. The molecule has 0 N–H and O–H groups in total. The molecule has 0 bridgehead atoms. The quantitative estimate of drug-likeness (QED) is 0.620. The van der Waals surface area contributed by atoms with E-state index in [2.05, 4.69) is 14.2 Å². The summed E-state index contributed by atoms with van der Waals surface area (Å²) in [6, 6.07) is 0.357. The van der Waals surface area contributed by atoms with Crippen molar-refractivity contribution >= 4 is 11.4 Å². The molecule has 0 spiro atoms. The van der Waals surface area contributed by atoms with E-state index in [1.807, 2.05) is 0 Å². The predicted molar refractivity (Wildman–Crippen MR) is 57.4 cm³/mol. The molecule has 114 valence electrons. The molecule has 0 amide bonds. The number of benzene rings is 1. The number of halogens is 3. The van der Waals surface area contributed by atoms with E-state index in [4.69, 9.17) is 0 Å². The fraction of sp³-hybridized carbons (Fsp3) is 0.333. The summed E-state index contributed by atoms with van der Waals surface area (Å²) in [7, 11) is 0.914. The average molecular weight is 310 g/mol. The maximum absolute atomic E-state index is 13.1. The zero-order valence-corrected chi connectivity index (χ0v) is 10.0. The SMILES string of the molecule is COc1c([N+](=O)[O-])cc([N+](=O)[O-])c2c1OC(F)C(F)(F)O2. The van der Waals surface area contributed by atoms with E-state index in [-0.39, 0.29) is 0 Å². The first-order valence-corrected chi connectivity index (χ1v) is 5.10. The third kappa shape index (κ3) is 2.23. The average Bonchev–Trinajstić information content (AvgIpc) is 2.37. The van der Waals surface area contributed by atoms with Crippen LogP contribution in [-0.2, 0) is 0 Å². The van der Waals surface area contributed by atoms with Crippen molar-refractivity contribution in [3.05, 3.63) is 26.3 Å². The lowest BCUT2D eigenvalue weighted by Gasteiger charge is -2.28. The number of hydrogen-bond donors (Lipinski definition) is 0. The maximum atomic E-state index is 13.1. The number of fused-ring (bicyclic) bond motifs is 1. The van der Waals surface area contributed by atoms with Gasteiger partial charge in [0, 0.05) is 0 Å². The van der Waals surface area contributed by atoms with Gasteiger partial charge in [-0.15, -0.1) is 0 Å². The predicted octanol–water partition coefficient (Wildman–Crippen LogP) is 2.17. The zero-order valence-electron chi connectivity index (χ0n) is 10.0. The number of rotatable bonds is 3. The first kappa shape index (κ1) is 14.6. The number of nitrogens with zero attached hydrogens (tertiary/aromatic N) is 2. The summed E-state index contributed by atoms with van der Waals surface area (Å²) in [5.74, 6) is -2.89. The monoisotopic (exact) mass is 310 g/mol. The summed E-state index contributed by atoms with van der Waals surface area (Å²) in [6.07, 6.45) is -7.79. The smallest absolute Gasteiger partial charge is 0.468 e. The summed E-state index contributed by atoms with van der Waals surface area (Å²) in [4.78, 5) is 19.3. The highest BCUT2D eigenvalue weighted by atomic mass is 19.3. The van der Waals surface area contributed by atoms with E-state index in [1.54, 1.807) is 0 Å². The minimum atomic E-state index is -4.49. The molecule has 1 aromatic carbocycles. The van der Waals surface area contributed by atoms with Gasteiger partial charge in [-0.2, -0.15) is 13.2 Å². The number of ether oxygens (including phenoxy) is 3. The molecule has 12 heteroatoms. The Kier molecular flexibility index (Phi) is 3.23. The van der Waals surface area contributed by atoms with Crippen LogP contribution >= 0.6 is 0 Å². The largest absolute Gasteiger partial charge is 0.487 e. The highest BCUT2D eigenvalue weighted by Crippen LogP contribution is 2.54. The Morgan fingerprint density at radius 1 is 1.24 bits per heavy atom. The molecule has 1 aromatic rings. The van der Waals surface area contributed by atoms with Crippen molar-refractivity contribution in [2.75, 3.05) is 7.11 Å². The van der Waals surface area contributed by atoms with Crippen molar-refractivity contribution < 1.29 is 37.2 Å². The van der Waals surface area contributed by atoms with Gasteiger partial charge in [-0.25, -0.2) is 0 Å². The van der Waals surface area contributed by atoms with Crippen LogP contribution in [0.5, 0.6) is 17.2 Å². The molecule has 0 aliphatic carbocycles. The van der Waals surface area contributed by atoms with Crippen LogP contribution in [0.15, 0.2) is 6.07 Å². The molecule has 0 saturated carbocycles. The van der Waals surface area contributed by atoms with Gasteiger partial charge in [0.2, 0.25) is 17.2 Å². The fourth-order valence-corrected chi connectivity index (χ4v) is 1.62. The molecule has 1 atom stereocenters. The number of alkyl halides is 3. The Balaban J connectivity index is 2.78. The first-order chi connectivity index (χ1) is 9.69. The highest BCUT2D eigenvalue weighted by Gasteiger charge is 2.53. The molecule has 9 nitrogen and oxygen atoms in total. The number of nitro groups is 2. The molecule has 1 unspecified atom stereocenters. The van der Waals surface area contributed by atoms with Gasteiger partial charge in [0.05, 0.1) is 17.0 Å². The summed E-state index contributed by atoms with van der Waals surface area (Å²) >= 11 is 0. The highest BCUT2D eigenvalue weighted by molar-refractivity contribution is 5.71. The van der Waals surface area contributed by atoms with E-state index in [1.165, 1.54) is 0 Å². The van der Waals surface area contributed by atoms with Crippen LogP contribution in [0, 0.1) is 20.2 Å². The molecule has 1 aliphatic rings. The van der Waals surface area contributed by atoms with Crippen LogP contribution in [0.2, 0.25) is 0 Å². The molecule has 1 heterocycles. The normalized spacial score (nSPS) is 19.0. The van der Waals surface area contributed by atoms with E-state index in [0.29, 0.717) is 6.07 Å². The second-order valence-corrected chi connectivity index (χ2v) is 3.72. The van der Waals surface area contributed by atoms with E-state index >= 15 is 0 Å². The summed E-state index contributed by atoms with van der Waals surface area (Å²) in [5, 5.41) is 21.6. The Labute approximate surface area is 113 Å². The molecular formula is C9H5F3N2O7. The van der Waals surface area contributed by atoms with Crippen LogP contribution < -0.4 is 14.2 Å². The molecule has 2 rings (SSSR count). The molecule has 1 aliphatic heterocycles. The Morgan fingerprint density at radius 2 is 1.81 bits per heavy atom. The second-order valence-electron chi connectivity index (χ2n) is 3.72. The van der Waals surface area contributed by atoms with Crippen molar-refractivity contribution in [3.63, 3.8) is 0 Å². The van der Waals surface area contributed by atoms with Gasteiger partial charge in [-0.1, -0.05) is 0 Å². The van der Waals surface area contributed by atoms with Gasteiger partial charge in [-0.3, -0.25) is 20.2 Å². The maximum Gasteiger partial charge on any atom is 0.468 e. The summed E-state index contributed by atoms with van der Waals surface area (Å²) < 4.78 is 52.0. The van der Waals surface area contributed by atoms with Crippen LogP contribution in [0.25, 0.3) is 0 Å². The molecule has 0 fully saturated rings. The molecular weight excluding hydrogens is 305 g/mol. The minimum Gasteiger partial charge on any atom is -0.487 e. The van der Waals surface area contributed by atoms with E-state index in [0.717, 1.165) is 7.11 Å². The minimum absolute atomic E-state index is 0.357. The van der Waals surface area contributed by atoms with Crippen molar-refractivity contribution in [3.8, 4) is 17.2 Å². The lowest BCUT2D eigenvalue weighted by Crippen LogP contribution is -2.43. The van der Waals surface area contributed by atoms with Gasteiger partial charge < -0.3 is 14.2 Å². The molecule has 0 radical (unpaired) electrons. The standard InChI is InChI=1S/C9H5F3N2O7/c1-19-5-3(13(15)16)2-4(14(17)18)6-7(5)20-8(10)9(11,12)21-6/h2,8H,1H3. The Hall–Kier alpha value is -2.79. The van der Waals surface area contributed by atoms with E-state index in [9.17, 15) is 33.4 Å². The number of hydrogen-bond acceptors (Lipinski definition) is 7. The van der Waals surface area contributed by atoms with Gasteiger partial charge in [-0.05, 0) is 0 Å². The van der Waals surface area contributed by atoms with Crippen molar-refractivity contribution in [2.24, 2.45) is 0 Å². The molecule has 21 heavy (non-hydrogen) atoms. The first-order valence-electron chi connectivity index (χ1n) is 5.10. The van der Waals surface area contributed by atoms with Crippen LogP contribution in [0.3, 0.4) is 0 Å². The number of nitro benzene ring substituents is 2. The lowest BCUT2D eigenvalue weighted by atomic mass is 10.2. The molecule has 0 aromatic heterocycles. The van der Waals surface area contributed by atoms with Crippen molar-refractivity contribution in [2.45, 2.75) is 12.5 Å².